The topological polar surface area (TPSA) is 58.2 Å². The number of methoxy groups -OCH3 is 1. The van der Waals surface area contributed by atoms with Gasteiger partial charge in [-0.1, -0.05) is 12.1 Å². The number of benzene rings is 1. The number of Topliss-reactive ketones (excluding diaryl/α,β-unsaturated/α-hetero) is 1. The van der Waals surface area contributed by atoms with Crippen LogP contribution in [0.1, 0.15) is 35.2 Å². The van der Waals surface area contributed by atoms with E-state index in [1.807, 2.05) is 18.3 Å². The Morgan fingerprint density at radius 1 is 1.19 bits per heavy atom. The van der Waals surface area contributed by atoms with Crippen LogP contribution in [-0.2, 0) is 5.41 Å². The standard InChI is InChI=1S/C22H23N3O2/c1-25-9-6-22(7-10-25)12-18(26)15-4-3-14(11-17(15)22)16-13-24-21-20(16)19(27-2)5-8-23-21/h3-5,8,11,13H,6-7,9-10,12H2,1-2H3,(H,23,24). The minimum Gasteiger partial charge on any atom is -0.496 e. The highest BCUT2D eigenvalue weighted by molar-refractivity contribution is 6.04. The number of pyridine rings is 1. The van der Waals surface area contributed by atoms with Gasteiger partial charge in [-0.25, -0.2) is 4.98 Å². The number of piperidine rings is 1. The average molecular weight is 361 g/mol. The SMILES string of the molecule is COc1ccnc2[nH]cc(-c3ccc4c(c3)C3(CCN(C)CC3)CC4=O)c12. The van der Waals surface area contributed by atoms with Crippen molar-refractivity contribution in [2.45, 2.75) is 24.7 Å². The first-order chi connectivity index (χ1) is 13.1. The van der Waals surface area contributed by atoms with Crippen molar-refractivity contribution in [2.24, 2.45) is 0 Å². The number of aromatic nitrogens is 2. The molecule has 5 nitrogen and oxygen atoms in total. The maximum atomic E-state index is 12.7. The third kappa shape index (κ3) is 2.42. The van der Waals surface area contributed by atoms with Crippen LogP contribution in [0.3, 0.4) is 0 Å². The van der Waals surface area contributed by atoms with Crippen LogP contribution >= 0.6 is 0 Å². The molecule has 0 bridgehead atoms. The van der Waals surface area contributed by atoms with E-state index in [0.717, 1.165) is 59.4 Å². The molecule has 2 aromatic heterocycles. The van der Waals surface area contributed by atoms with E-state index in [1.165, 1.54) is 5.56 Å². The van der Waals surface area contributed by atoms with Gasteiger partial charge in [0.25, 0.3) is 0 Å². The Kier molecular flexibility index (Phi) is 3.62. The summed E-state index contributed by atoms with van der Waals surface area (Å²) in [5.74, 6) is 1.10. The molecule has 1 aliphatic carbocycles. The molecule has 3 heterocycles. The van der Waals surface area contributed by atoms with Crippen molar-refractivity contribution in [2.75, 3.05) is 27.2 Å². The predicted octanol–water partition coefficient (Wildman–Crippen LogP) is 3.79. The fourth-order valence-electron chi connectivity index (χ4n) is 4.81. The van der Waals surface area contributed by atoms with Gasteiger partial charge in [-0.3, -0.25) is 4.79 Å². The molecule has 1 spiro atoms. The summed E-state index contributed by atoms with van der Waals surface area (Å²) in [4.78, 5) is 22.7. The number of nitrogens with one attached hydrogen (secondary N) is 1. The van der Waals surface area contributed by atoms with Crippen LogP contribution in [0.25, 0.3) is 22.2 Å². The summed E-state index contributed by atoms with van der Waals surface area (Å²) >= 11 is 0. The van der Waals surface area contributed by atoms with Gasteiger partial charge in [-0.05, 0) is 56.2 Å². The lowest BCUT2D eigenvalue weighted by Gasteiger charge is -2.38. The van der Waals surface area contributed by atoms with Gasteiger partial charge in [0, 0.05) is 35.4 Å². The van der Waals surface area contributed by atoms with E-state index in [4.69, 9.17) is 4.74 Å². The van der Waals surface area contributed by atoms with Crippen molar-refractivity contribution < 1.29 is 9.53 Å². The normalized spacial score (nSPS) is 19.0. The molecule has 1 N–H and O–H groups in total. The number of nitrogens with zero attached hydrogens (tertiary/aromatic N) is 2. The van der Waals surface area contributed by atoms with Gasteiger partial charge in [0.05, 0.1) is 12.5 Å². The second-order valence-electron chi connectivity index (χ2n) is 7.88. The van der Waals surface area contributed by atoms with Gasteiger partial charge in [-0.15, -0.1) is 0 Å². The number of ketones is 1. The van der Waals surface area contributed by atoms with Crippen LogP contribution in [0, 0.1) is 0 Å². The molecule has 1 fully saturated rings. The lowest BCUT2D eigenvalue weighted by Crippen LogP contribution is -2.39. The van der Waals surface area contributed by atoms with Crippen molar-refractivity contribution in [1.29, 1.82) is 0 Å². The molecule has 0 unspecified atom stereocenters. The number of ether oxygens (including phenoxy) is 1. The molecule has 2 aliphatic rings. The van der Waals surface area contributed by atoms with E-state index in [1.54, 1.807) is 13.3 Å². The zero-order valence-corrected chi connectivity index (χ0v) is 15.7. The zero-order valence-electron chi connectivity index (χ0n) is 15.7. The Bertz CT molecular complexity index is 1040. The summed E-state index contributed by atoms with van der Waals surface area (Å²) in [7, 11) is 3.84. The highest BCUT2D eigenvalue weighted by Gasteiger charge is 2.44. The van der Waals surface area contributed by atoms with Crippen molar-refractivity contribution in [3.05, 3.63) is 47.8 Å². The second kappa shape index (κ2) is 5.92. The van der Waals surface area contributed by atoms with Gasteiger partial charge in [0.2, 0.25) is 0 Å². The lowest BCUT2D eigenvalue weighted by atomic mass is 9.73. The molecular weight excluding hydrogens is 338 g/mol. The van der Waals surface area contributed by atoms with E-state index in [9.17, 15) is 4.79 Å². The summed E-state index contributed by atoms with van der Waals surface area (Å²) in [5.41, 5.74) is 5.14. The highest BCUT2D eigenvalue weighted by Crippen LogP contribution is 2.47. The lowest BCUT2D eigenvalue weighted by molar-refractivity contribution is 0.0945. The minimum absolute atomic E-state index is 0.00336. The van der Waals surface area contributed by atoms with Gasteiger partial charge in [0.15, 0.2) is 5.78 Å². The summed E-state index contributed by atoms with van der Waals surface area (Å²) in [6, 6.07) is 8.19. The summed E-state index contributed by atoms with van der Waals surface area (Å²) in [5, 5.41) is 0.988. The largest absolute Gasteiger partial charge is 0.496 e. The minimum atomic E-state index is 0.00336. The average Bonchev–Trinajstić information content (AvgIpc) is 3.24. The first-order valence-corrected chi connectivity index (χ1v) is 9.48. The number of fused-ring (bicyclic) bond motifs is 3. The van der Waals surface area contributed by atoms with Crippen LogP contribution in [0.15, 0.2) is 36.7 Å². The number of likely N-dealkylation sites (tertiary alicyclic amines) is 1. The van der Waals surface area contributed by atoms with Crippen molar-refractivity contribution in [3.63, 3.8) is 0 Å². The van der Waals surface area contributed by atoms with E-state index in [0.29, 0.717) is 12.2 Å². The van der Waals surface area contributed by atoms with Gasteiger partial charge < -0.3 is 14.6 Å². The van der Waals surface area contributed by atoms with Gasteiger partial charge in [0.1, 0.15) is 11.4 Å². The molecule has 1 aliphatic heterocycles. The van der Waals surface area contributed by atoms with Crippen molar-refractivity contribution in [1.82, 2.24) is 14.9 Å². The van der Waals surface area contributed by atoms with Crippen LogP contribution < -0.4 is 4.74 Å². The van der Waals surface area contributed by atoms with Gasteiger partial charge >= 0.3 is 0 Å². The molecule has 3 aromatic rings. The Hall–Kier alpha value is -2.66. The molecular formula is C22H23N3O2. The molecule has 27 heavy (non-hydrogen) atoms. The molecule has 1 aromatic carbocycles. The van der Waals surface area contributed by atoms with Crippen molar-refractivity contribution in [3.8, 4) is 16.9 Å². The number of carbonyl (C=O) groups excluding carboxylic acids is 1. The molecule has 0 radical (unpaired) electrons. The van der Waals surface area contributed by atoms with Gasteiger partial charge in [-0.2, -0.15) is 0 Å². The molecule has 1 saturated heterocycles. The third-order valence-electron chi connectivity index (χ3n) is 6.40. The zero-order chi connectivity index (χ0) is 18.6. The quantitative estimate of drug-likeness (QED) is 0.754. The Morgan fingerprint density at radius 2 is 2.00 bits per heavy atom. The first kappa shape index (κ1) is 16.5. The van der Waals surface area contributed by atoms with Crippen LogP contribution in [-0.4, -0.2) is 47.9 Å². The maximum Gasteiger partial charge on any atom is 0.164 e. The van der Waals surface area contributed by atoms with E-state index < -0.39 is 0 Å². The van der Waals surface area contributed by atoms with E-state index in [2.05, 4.69) is 34.0 Å². The Balaban J connectivity index is 1.66. The highest BCUT2D eigenvalue weighted by atomic mass is 16.5. The van der Waals surface area contributed by atoms with E-state index >= 15 is 0 Å². The van der Waals surface area contributed by atoms with Crippen LogP contribution in [0.2, 0.25) is 0 Å². The fourth-order valence-corrected chi connectivity index (χ4v) is 4.81. The predicted molar refractivity (Wildman–Crippen MR) is 105 cm³/mol. The summed E-state index contributed by atoms with van der Waals surface area (Å²) in [6.45, 7) is 2.09. The van der Waals surface area contributed by atoms with Crippen LogP contribution in [0.5, 0.6) is 5.75 Å². The first-order valence-electron chi connectivity index (χ1n) is 9.48. The third-order valence-corrected chi connectivity index (χ3v) is 6.40. The molecule has 0 amide bonds. The molecule has 0 atom stereocenters. The molecule has 138 valence electrons. The number of carbonyl (C=O) groups is 1. The number of hydrogen-bond donors (Lipinski definition) is 1. The van der Waals surface area contributed by atoms with Crippen LogP contribution in [0.4, 0.5) is 0 Å². The Labute approximate surface area is 158 Å². The molecule has 0 saturated carbocycles. The maximum absolute atomic E-state index is 12.7. The fraction of sp³-hybridized carbons (Fsp3) is 0.364. The second-order valence-corrected chi connectivity index (χ2v) is 7.88. The number of aromatic amines is 1. The number of hydrogen-bond acceptors (Lipinski definition) is 4. The number of H-pyrrole nitrogens is 1. The Morgan fingerprint density at radius 3 is 2.78 bits per heavy atom. The molecule has 5 rings (SSSR count). The smallest absolute Gasteiger partial charge is 0.164 e. The van der Waals surface area contributed by atoms with E-state index in [-0.39, 0.29) is 5.41 Å². The number of rotatable bonds is 2. The summed E-state index contributed by atoms with van der Waals surface area (Å²) < 4.78 is 5.56. The molecule has 5 heteroatoms. The monoisotopic (exact) mass is 361 g/mol. The summed E-state index contributed by atoms with van der Waals surface area (Å²) in [6.07, 6.45) is 6.48. The van der Waals surface area contributed by atoms with Crippen molar-refractivity contribution >= 4 is 16.8 Å².